The van der Waals surface area contributed by atoms with E-state index in [-0.39, 0.29) is 23.5 Å². The molecule has 0 saturated heterocycles. The van der Waals surface area contributed by atoms with Crippen molar-refractivity contribution in [2.45, 2.75) is 30.5 Å². The van der Waals surface area contributed by atoms with Crippen molar-refractivity contribution >= 4 is 27.6 Å². The van der Waals surface area contributed by atoms with Gasteiger partial charge < -0.3 is 14.8 Å². The molecule has 174 valence electrons. The van der Waals surface area contributed by atoms with Gasteiger partial charge in [0.15, 0.2) is 6.10 Å². The summed E-state index contributed by atoms with van der Waals surface area (Å²) in [5.74, 6) is -1.11. The number of benzene rings is 2. The zero-order valence-corrected chi connectivity index (χ0v) is 17.9. The summed E-state index contributed by atoms with van der Waals surface area (Å²) in [6.07, 6.45) is -6.09. The molecular weight excluding hydrogens is 453 g/mol. The van der Waals surface area contributed by atoms with Gasteiger partial charge in [0.2, 0.25) is 10.0 Å². The summed E-state index contributed by atoms with van der Waals surface area (Å²) >= 11 is 0. The number of ether oxygens (including phenoxy) is 2. The van der Waals surface area contributed by atoms with E-state index in [1.165, 1.54) is 38.3 Å². The fourth-order valence-electron chi connectivity index (χ4n) is 2.42. The number of carbonyl (C=O) groups excluding carboxylic acids is 2. The average Bonchev–Trinajstić information content (AvgIpc) is 2.73. The Labute approximate surface area is 182 Å². The second-order valence-corrected chi connectivity index (χ2v) is 8.29. The van der Waals surface area contributed by atoms with Crippen LogP contribution in [0.15, 0.2) is 53.4 Å². The highest BCUT2D eigenvalue weighted by atomic mass is 32.2. The van der Waals surface area contributed by atoms with E-state index < -0.39 is 39.7 Å². The highest BCUT2D eigenvalue weighted by Gasteiger charge is 2.30. The smallest absolute Gasteiger partial charge is 0.416 e. The SMILES string of the molecule is COc1ccc(S(=O)(=O)NCCC(=O)OC(C)C(=O)Nc2ccc(C(F)(F)F)cc2)cc1. The van der Waals surface area contributed by atoms with Gasteiger partial charge in [-0.1, -0.05) is 0 Å². The van der Waals surface area contributed by atoms with Gasteiger partial charge in [-0.25, -0.2) is 13.1 Å². The van der Waals surface area contributed by atoms with Crippen molar-refractivity contribution in [3.8, 4) is 5.75 Å². The molecule has 1 unspecified atom stereocenters. The quantitative estimate of drug-likeness (QED) is 0.541. The second kappa shape index (κ2) is 10.5. The number of sulfonamides is 1. The first-order chi connectivity index (χ1) is 14.9. The van der Waals surface area contributed by atoms with E-state index in [1.807, 2.05) is 0 Å². The van der Waals surface area contributed by atoms with E-state index in [2.05, 4.69) is 10.0 Å². The maximum absolute atomic E-state index is 12.6. The van der Waals surface area contributed by atoms with Gasteiger partial charge in [-0.05, 0) is 55.5 Å². The maximum Gasteiger partial charge on any atom is 0.416 e. The van der Waals surface area contributed by atoms with Gasteiger partial charge in [0, 0.05) is 12.2 Å². The summed E-state index contributed by atoms with van der Waals surface area (Å²) in [6, 6.07) is 9.38. The van der Waals surface area contributed by atoms with Gasteiger partial charge in [-0.2, -0.15) is 13.2 Å². The molecule has 0 saturated carbocycles. The van der Waals surface area contributed by atoms with Crippen LogP contribution in [0.5, 0.6) is 5.75 Å². The molecule has 2 aromatic rings. The van der Waals surface area contributed by atoms with Crippen LogP contribution < -0.4 is 14.8 Å². The lowest BCUT2D eigenvalue weighted by atomic mass is 10.2. The van der Waals surface area contributed by atoms with Crippen LogP contribution >= 0.6 is 0 Å². The molecule has 0 aliphatic carbocycles. The van der Waals surface area contributed by atoms with E-state index in [4.69, 9.17) is 9.47 Å². The third kappa shape index (κ3) is 7.24. The van der Waals surface area contributed by atoms with Crippen molar-refractivity contribution < 1.29 is 40.7 Å². The summed E-state index contributed by atoms with van der Waals surface area (Å²) in [5, 5.41) is 2.33. The van der Waals surface area contributed by atoms with Gasteiger partial charge in [-0.3, -0.25) is 9.59 Å². The minimum Gasteiger partial charge on any atom is -0.497 e. The fourth-order valence-corrected chi connectivity index (χ4v) is 3.45. The molecule has 0 fully saturated rings. The van der Waals surface area contributed by atoms with Crippen LogP contribution in [0.25, 0.3) is 0 Å². The van der Waals surface area contributed by atoms with Gasteiger partial charge >= 0.3 is 12.1 Å². The number of nitrogens with one attached hydrogen (secondary N) is 2. The van der Waals surface area contributed by atoms with Crippen molar-refractivity contribution in [3.05, 3.63) is 54.1 Å². The first kappa shape index (κ1) is 25.1. The molecule has 32 heavy (non-hydrogen) atoms. The van der Waals surface area contributed by atoms with E-state index in [0.717, 1.165) is 24.3 Å². The lowest BCUT2D eigenvalue weighted by Crippen LogP contribution is -2.32. The molecule has 0 aliphatic rings. The van der Waals surface area contributed by atoms with Crippen LogP contribution in [0.1, 0.15) is 18.9 Å². The molecule has 8 nitrogen and oxygen atoms in total. The standard InChI is InChI=1S/C20H21F3N2O6S/c1-13(19(27)25-15-5-3-14(4-6-15)20(21,22)23)31-18(26)11-12-24-32(28,29)17-9-7-16(30-2)8-10-17/h3-10,13,24H,11-12H2,1-2H3,(H,25,27). The normalized spacial score (nSPS) is 12.7. The lowest BCUT2D eigenvalue weighted by molar-refractivity contribution is -0.153. The van der Waals surface area contributed by atoms with Gasteiger partial charge in [0.05, 0.1) is 24.0 Å². The number of amides is 1. The zero-order chi connectivity index (χ0) is 23.9. The zero-order valence-electron chi connectivity index (χ0n) is 17.1. The number of halogens is 3. The Kier molecular flexibility index (Phi) is 8.22. The molecule has 12 heteroatoms. The van der Waals surface area contributed by atoms with Crippen molar-refractivity contribution in [3.63, 3.8) is 0 Å². The Morgan fingerprint density at radius 2 is 1.62 bits per heavy atom. The van der Waals surface area contributed by atoms with Crippen molar-refractivity contribution in [2.75, 3.05) is 19.0 Å². The first-order valence-corrected chi connectivity index (χ1v) is 10.7. The van der Waals surface area contributed by atoms with Crippen molar-refractivity contribution in [2.24, 2.45) is 0 Å². The molecule has 2 N–H and O–H groups in total. The largest absolute Gasteiger partial charge is 0.497 e. The molecule has 0 bridgehead atoms. The molecule has 2 rings (SSSR count). The summed E-state index contributed by atoms with van der Waals surface area (Å²) < 4.78 is 74.2. The summed E-state index contributed by atoms with van der Waals surface area (Å²) in [7, 11) is -2.41. The van der Waals surface area contributed by atoms with E-state index in [0.29, 0.717) is 5.75 Å². The van der Waals surface area contributed by atoms with E-state index in [9.17, 15) is 31.2 Å². The maximum atomic E-state index is 12.6. The Balaban J connectivity index is 1.81. The van der Waals surface area contributed by atoms with E-state index >= 15 is 0 Å². The van der Waals surface area contributed by atoms with Crippen LogP contribution in [0, 0.1) is 0 Å². The molecule has 2 aromatic carbocycles. The second-order valence-electron chi connectivity index (χ2n) is 6.52. The predicted molar refractivity (Wildman–Crippen MR) is 108 cm³/mol. The van der Waals surface area contributed by atoms with E-state index in [1.54, 1.807) is 0 Å². The topological polar surface area (TPSA) is 111 Å². The predicted octanol–water partition coefficient (Wildman–Crippen LogP) is 2.95. The van der Waals surface area contributed by atoms with Gasteiger partial charge in [0.1, 0.15) is 5.75 Å². The van der Waals surface area contributed by atoms with Crippen LogP contribution in [0.2, 0.25) is 0 Å². The van der Waals surface area contributed by atoms with Crippen molar-refractivity contribution in [1.82, 2.24) is 4.72 Å². The third-order valence-electron chi connectivity index (χ3n) is 4.15. The number of esters is 1. The number of carbonyl (C=O) groups is 2. The number of alkyl halides is 3. The Morgan fingerprint density at radius 1 is 1.03 bits per heavy atom. The Hall–Kier alpha value is -3.12. The first-order valence-electron chi connectivity index (χ1n) is 9.23. The fraction of sp³-hybridized carbons (Fsp3) is 0.300. The highest BCUT2D eigenvalue weighted by Crippen LogP contribution is 2.29. The minimum atomic E-state index is -4.50. The third-order valence-corrected chi connectivity index (χ3v) is 5.63. The van der Waals surface area contributed by atoms with Crippen LogP contribution in [0.4, 0.5) is 18.9 Å². The molecule has 1 amide bonds. The summed E-state index contributed by atoms with van der Waals surface area (Å²) in [4.78, 5) is 23.9. The number of hydrogen-bond acceptors (Lipinski definition) is 6. The molecule has 0 aromatic heterocycles. The molecule has 1 atom stereocenters. The molecule has 0 heterocycles. The minimum absolute atomic E-state index is 0.0176. The summed E-state index contributed by atoms with van der Waals surface area (Å²) in [5.41, 5.74) is -0.773. The molecule has 0 radical (unpaired) electrons. The number of anilines is 1. The van der Waals surface area contributed by atoms with Crippen LogP contribution in [0.3, 0.4) is 0 Å². The summed E-state index contributed by atoms with van der Waals surface area (Å²) in [6.45, 7) is 1.01. The lowest BCUT2D eigenvalue weighted by Gasteiger charge is -2.14. The average molecular weight is 474 g/mol. The number of rotatable bonds is 9. The van der Waals surface area contributed by atoms with Gasteiger partial charge in [0.25, 0.3) is 5.91 Å². The highest BCUT2D eigenvalue weighted by molar-refractivity contribution is 7.89. The Bertz CT molecular complexity index is 1040. The Morgan fingerprint density at radius 3 is 2.16 bits per heavy atom. The monoisotopic (exact) mass is 474 g/mol. The number of methoxy groups -OCH3 is 1. The molecule has 0 spiro atoms. The van der Waals surface area contributed by atoms with Crippen LogP contribution in [-0.2, 0) is 30.5 Å². The van der Waals surface area contributed by atoms with Crippen molar-refractivity contribution in [1.29, 1.82) is 0 Å². The molecular formula is C20H21F3N2O6S. The van der Waals surface area contributed by atoms with Gasteiger partial charge in [-0.15, -0.1) is 0 Å². The number of hydrogen-bond donors (Lipinski definition) is 2. The van der Waals surface area contributed by atoms with Crippen LogP contribution in [-0.4, -0.2) is 40.1 Å². The molecule has 0 aliphatic heterocycles.